The Morgan fingerprint density at radius 3 is 2.05 bits per heavy atom. The molecular formula is C33H44N4O4. The molecule has 0 atom stereocenters. The van der Waals surface area contributed by atoms with Gasteiger partial charge in [-0.1, -0.05) is 79.9 Å². The van der Waals surface area contributed by atoms with Gasteiger partial charge in [-0.3, -0.25) is 13.9 Å². The molecule has 2 fully saturated rings. The van der Waals surface area contributed by atoms with E-state index in [4.69, 9.17) is 4.74 Å². The first kappa shape index (κ1) is 30.3. The second-order valence-corrected chi connectivity index (χ2v) is 12.0. The molecule has 5 rings (SSSR count). The first-order chi connectivity index (χ1) is 19.7. The summed E-state index contributed by atoms with van der Waals surface area (Å²) in [6, 6.07) is 19.8. The van der Waals surface area contributed by atoms with Gasteiger partial charge in [0.05, 0.1) is 12.2 Å². The SMILES string of the molecule is CN1CCN(C(=O)OC(C)(C)C)CC1.O=Cc1c(-c2ccccc2)n(C2CCCCC2)c(=O)n1Cc1ccccc1. The standard InChI is InChI=1S/C23H24N2O2.C10H20N2O2/c26-17-21-22(19-12-6-2-7-13-19)25(20-14-8-3-9-15-20)23(27)24(21)16-18-10-4-1-5-11-18;1-10(2,3)14-9(13)12-7-5-11(4)6-8-12/h1-2,4-7,10-13,17,20H,3,8-9,14-16H2;5-8H2,1-4H3. The predicted molar refractivity (Wildman–Crippen MR) is 162 cm³/mol. The van der Waals surface area contributed by atoms with Crippen molar-refractivity contribution in [1.29, 1.82) is 0 Å². The highest BCUT2D eigenvalue weighted by molar-refractivity contribution is 5.84. The molecule has 0 radical (unpaired) electrons. The molecule has 0 unspecified atom stereocenters. The number of aldehydes is 1. The van der Waals surface area contributed by atoms with Crippen LogP contribution in [0.25, 0.3) is 11.3 Å². The second-order valence-electron chi connectivity index (χ2n) is 12.0. The number of rotatable bonds is 5. The van der Waals surface area contributed by atoms with Crippen molar-refractivity contribution in [2.45, 2.75) is 71.1 Å². The molecule has 1 aliphatic heterocycles. The summed E-state index contributed by atoms with van der Waals surface area (Å²) in [5.74, 6) is 0. The Morgan fingerprint density at radius 1 is 0.902 bits per heavy atom. The zero-order valence-corrected chi connectivity index (χ0v) is 24.9. The summed E-state index contributed by atoms with van der Waals surface area (Å²) < 4.78 is 8.81. The van der Waals surface area contributed by atoms with Gasteiger partial charge in [-0.2, -0.15) is 0 Å². The number of ether oxygens (including phenoxy) is 1. The lowest BCUT2D eigenvalue weighted by Gasteiger charge is -2.33. The number of aromatic nitrogens is 2. The summed E-state index contributed by atoms with van der Waals surface area (Å²) in [7, 11) is 2.06. The lowest BCUT2D eigenvalue weighted by atomic mass is 9.94. The number of benzene rings is 2. The quantitative estimate of drug-likeness (QED) is 0.366. The van der Waals surface area contributed by atoms with E-state index in [2.05, 4.69) is 11.9 Å². The number of nitrogens with zero attached hydrogens (tertiary/aromatic N) is 4. The summed E-state index contributed by atoms with van der Waals surface area (Å²) in [4.78, 5) is 41.1. The summed E-state index contributed by atoms with van der Waals surface area (Å²) in [5, 5.41) is 0. The van der Waals surface area contributed by atoms with Gasteiger partial charge in [0.25, 0.3) is 0 Å². The van der Waals surface area contributed by atoms with E-state index >= 15 is 0 Å². The molecule has 1 aromatic heterocycles. The average Bonchev–Trinajstić information content (AvgIpc) is 3.25. The molecule has 8 heteroatoms. The van der Waals surface area contributed by atoms with Gasteiger partial charge in [0.2, 0.25) is 0 Å². The summed E-state index contributed by atoms with van der Waals surface area (Å²) in [6.07, 6.45) is 6.12. The minimum absolute atomic E-state index is 0.0771. The fourth-order valence-corrected chi connectivity index (χ4v) is 5.49. The summed E-state index contributed by atoms with van der Waals surface area (Å²) >= 11 is 0. The van der Waals surface area contributed by atoms with Gasteiger partial charge >= 0.3 is 11.8 Å². The van der Waals surface area contributed by atoms with E-state index in [0.29, 0.717) is 12.2 Å². The van der Waals surface area contributed by atoms with Crippen LogP contribution < -0.4 is 5.69 Å². The van der Waals surface area contributed by atoms with E-state index in [0.717, 1.165) is 75.0 Å². The number of likely N-dealkylation sites (N-methyl/N-ethyl adjacent to an activating group) is 1. The zero-order chi connectivity index (χ0) is 29.4. The monoisotopic (exact) mass is 560 g/mol. The van der Waals surface area contributed by atoms with Gasteiger partial charge < -0.3 is 14.5 Å². The number of hydrogen-bond donors (Lipinski definition) is 0. The first-order valence-electron chi connectivity index (χ1n) is 14.7. The molecule has 8 nitrogen and oxygen atoms in total. The highest BCUT2D eigenvalue weighted by atomic mass is 16.6. The number of hydrogen-bond acceptors (Lipinski definition) is 5. The normalized spacial score (nSPS) is 16.5. The lowest BCUT2D eigenvalue weighted by Crippen LogP contribution is -2.48. The van der Waals surface area contributed by atoms with E-state index < -0.39 is 0 Å². The highest BCUT2D eigenvalue weighted by Crippen LogP contribution is 2.33. The van der Waals surface area contributed by atoms with Crippen molar-refractivity contribution in [1.82, 2.24) is 18.9 Å². The largest absolute Gasteiger partial charge is 0.444 e. The summed E-state index contributed by atoms with van der Waals surface area (Å²) in [6.45, 7) is 9.48. The molecule has 0 spiro atoms. The predicted octanol–water partition coefficient (Wildman–Crippen LogP) is 5.85. The van der Waals surface area contributed by atoms with Crippen molar-refractivity contribution in [3.8, 4) is 11.3 Å². The van der Waals surface area contributed by atoms with Crippen LogP contribution in [-0.4, -0.2) is 70.1 Å². The smallest absolute Gasteiger partial charge is 0.410 e. The molecular weight excluding hydrogens is 516 g/mol. The molecule has 0 bridgehead atoms. The van der Waals surface area contributed by atoms with Crippen molar-refractivity contribution in [3.05, 3.63) is 82.4 Å². The van der Waals surface area contributed by atoms with Crippen LogP contribution in [0.4, 0.5) is 4.79 Å². The van der Waals surface area contributed by atoms with Crippen molar-refractivity contribution in [3.63, 3.8) is 0 Å². The van der Waals surface area contributed by atoms with Crippen LogP contribution in [0.5, 0.6) is 0 Å². The van der Waals surface area contributed by atoms with E-state index in [-0.39, 0.29) is 23.4 Å². The van der Waals surface area contributed by atoms with E-state index in [1.54, 1.807) is 9.47 Å². The third-order valence-electron chi connectivity index (χ3n) is 7.65. The molecule has 1 saturated carbocycles. The molecule has 41 heavy (non-hydrogen) atoms. The molecule has 2 aliphatic rings. The van der Waals surface area contributed by atoms with Crippen molar-refractivity contribution < 1.29 is 14.3 Å². The highest BCUT2D eigenvalue weighted by Gasteiger charge is 2.27. The number of amides is 1. The Bertz CT molecular complexity index is 1330. The lowest BCUT2D eigenvalue weighted by molar-refractivity contribution is 0.0164. The molecule has 1 aliphatic carbocycles. The Morgan fingerprint density at radius 2 is 1.49 bits per heavy atom. The minimum atomic E-state index is -0.388. The van der Waals surface area contributed by atoms with Crippen LogP contribution in [0.1, 0.15) is 75.0 Å². The number of carbonyl (C=O) groups excluding carboxylic acids is 2. The summed E-state index contributed by atoms with van der Waals surface area (Å²) in [5.41, 5.74) is 2.71. The van der Waals surface area contributed by atoms with Gasteiger partial charge in [-0.25, -0.2) is 9.59 Å². The van der Waals surface area contributed by atoms with Crippen LogP contribution in [0.15, 0.2) is 65.5 Å². The Balaban J connectivity index is 0.000000234. The number of piperazine rings is 1. The minimum Gasteiger partial charge on any atom is -0.444 e. The van der Waals surface area contributed by atoms with E-state index in [9.17, 15) is 14.4 Å². The zero-order valence-electron chi connectivity index (χ0n) is 24.9. The van der Waals surface area contributed by atoms with Crippen LogP contribution in [-0.2, 0) is 11.3 Å². The molecule has 1 saturated heterocycles. The Labute approximate surface area is 243 Å². The Hall–Kier alpha value is -3.65. The molecule has 3 aromatic rings. The third kappa shape index (κ3) is 7.97. The average molecular weight is 561 g/mol. The third-order valence-corrected chi connectivity index (χ3v) is 7.65. The van der Waals surface area contributed by atoms with Crippen LogP contribution in [0.2, 0.25) is 0 Å². The van der Waals surface area contributed by atoms with Gasteiger partial charge in [-0.15, -0.1) is 0 Å². The molecule has 220 valence electrons. The fraction of sp³-hybridized carbons (Fsp3) is 0.485. The second kappa shape index (κ2) is 13.8. The van der Waals surface area contributed by atoms with Crippen molar-refractivity contribution in [2.24, 2.45) is 0 Å². The van der Waals surface area contributed by atoms with Gasteiger partial charge in [-0.05, 0) is 46.2 Å². The molecule has 0 N–H and O–H groups in total. The maximum atomic E-state index is 13.4. The molecule has 2 heterocycles. The van der Waals surface area contributed by atoms with Crippen LogP contribution >= 0.6 is 0 Å². The fourth-order valence-electron chi connectivity index (χ4n) is 5.49. The number of carbonyl (C=O) groups is 2. The maximum Gasteiger partial charge on any atom is 0.410 e. The molecule has 2 aromatic carbocycles. The van der Waals surface area contributed by atoms with E-state index in [1.807, 2.05) is 86.0 Å². The van der Waals surface area contributed by atoms with Gasteiger partial charge in [0.15, 0.2) is 6.29 Å². The topological polar surface area (TPSA) is 76.8 Å². The molecule has 1 amide bonds. The van der Waals surface area contributed by atoms with Crippen LogP contribution in [0, 0.1) is 0 Å². The van der Waals surface area contributed by atoms with Gasteiger partial charge in [0.1, 0.15) is 11.3 Å². The van der Waals surface area contributed by atoms with E-state index in [1.165, 1.54) is 6.42 Å². The number of imidazole rings is 1. The van der Waals surface area contributed by atoms with Gasteiger partial charge in [0, 0.05) is 37.8 Å². The first-order valence-corrected chi connectivity index (χ1v) is 14.7. The van der Waals surface area contributed by atoms with Crippen molar-refractivity contribution in [2.75, 3.05) is 33.2 Å². The maximum absolute atomic E-state index is 13.4. The van der Waals surface area contributed by atoms with Crippen LogP contribution in [0.3, 0.4) is 0 Å². The van der Waals surface area contributed by atoms with Crippen molar-refractivity contribution >= 4 is 12.4 Å². The Kier molecular flexibility index (Phi) is 10.2.